The van der Waals surface area contributed by atoms with Crippen LogP contribution in [-0.4, -0.2) is 65.9 Å². The second kappa shape index (κ2) is 9.32. The van der Waals surface area contributed by atoms with Gasteiger partial charge in [0.25, 0.3) is 0 Å². The van der Waals surface area contributed by atoms with Gasteiger partial charge in [-0.25, -0.2) is 0 Å². The standard InChI is InChI=1S/C28H36N4O/c1-30(2)28(25-11-4-3-5-12-25)14-18-32(19-15-28)27(33)24-10-7-17-31(21-24)20-23-9-6-8-22-13-16-29-26(22)23/h3-6,8-9,11-13,16,24,29H,7,10,14-15,17-21H2,1-2H3. The van der Waals surface area contributed by atoms with Crippen molar-refractivity contribution in [3.05, 3.63) is 71.9 Å². The van der Waals surface area contributed by atoms with Crippen LogP contribution < -0.4 is 0 Å². The summed E-state index contributed by atoms with van der Waals surface area (Å²) in [6, 6.07) is 19.4. The predicted molar refractivity (Wildman–Crippen MR) is 134 cm³/mol. The van der Waals surface area contributed by atoms with Crippen LogP contribution in [0.5, 0.6) is 0 Å². The minimum atomic E-state index is 0.0192. The van der Waals surface area contributed by atoms with E-state index in [0.717, 1.165) is 58.4 Å². The summed E-state index contributed by atoms with van der Waals surface area (Å²) in [6.45, 7) is 4.51. The molecule has 174 valence electrons. The first kappa shape index (κ1) is 22.2. The Morgan fingerprint density at radius 3 is 2.58 bits per heavy atom. The number of para-hydroxylation sites is 1. The zero-order valence-corrected chi connectivity index (χ0v) is 20.0. The zero-order chi connectivity index (χ0) is 22.8. The van der Waals surface area contributed by atoms with E-state index in [1.54, 1.807) is 0 Å². The average Bonchev–Trinajstić information content (AvgIpc) is 3.34. The molecule has 0 aliphatic carbocycles. The maximum Gasteiger partial charge on any atom is 0.226 e. The summed E-state index contributed by atoms with van der Waals surface area (Å²) >= 11 is 0. The number of piperidine rings is 2. The number of aromatic nitrogens is 1. The van der Waals surface area contributed by atoms with Crippen molar-refractivity contribution in [3.63, 3.8) is 0 Å². The molecule has 2 aliphatic rings. The number of carbonyl (C=O) groups is 1. The lowest BCUT2D eigenvalue weighted by Crippen LogP contribution is -2.54. The molecule has 33 heavy (non-hydrogen) atoms. The van der Waals surface area contributed by atoms with Crippen molar-refractivity contribution in [1.29, 1.82) is 0 Å². The molecule has 0 bridgehead atoms. The normalized spacial score (nSPS) is 21.5. The Bertz CT molecular complexity index is 1080. The summed E-state index contributed by atoms with van der Waals surface area (Å²) < 4.78 is 0. The Balaban J connectivity index is 1.23. The molecule has 0 radical (unpaired) electrons. The van der Waals surface area contributed by atoms with Gasteiger partial charge in [-0.3, -0.25) is 14.6 Å². The van der Waals surface area contributed by atoms with E-state index in [0.29, 0.717) is 5.91 Å². The second-order valence-corrected chi connectivity index (χ2v) is 10.1. The Labute approximate surface area is 197 Å². The van der Waals surface area contributed by atoms with Gasteiger partial charge in [-0.15, -0.1) is 0 Å². The van der Waals surface area contributed by atoms with Crippen molar-refractivity contribution in [2.75, 3.05) is 40.3 Å². The van der Waals surface area contributed by atoms with Crippen LogP contribution in [0.3, 0.4) is 0 Å². The fraction of sp³-hybridized carbons (Fsp3) is 0.464. The number of benzene rings is 2. The largest absolute Gasteiger partial charge is 0.361 e. The molecule has 1 N–H and O–H groups in total. The molecule has 2 aromatic carbocycles. The number of rotatable bonds is 5. The third kappa shape index (κ3) is 4.32. The summed E-state index contributed by atoms with van der Waals surface area (Å²) in [5.41, 5.74) is 3.93. The fourth-order valence-electron chi connectivity index (χ4n) is 6.02. The molecule has 1 atom stereocenters. The van der Waals surface area contributed by atoms with Gasteiger partial charge in [-0.1, -0.05) is 48.5 Å². The number of nitrogens with zero attached hydrogens (tertiary/aromatic N) is 3. The van der Waals surface area contributed by atoms with Gasteiger partial charge in [0.05, 0.1) is 5.92 Å². The van der Waals surface area contributed by atoms with Gasteiger partial charge < -0.3 is 9.88 Å². The SMILES string of the molecule is CN(C)C1(c2ccccc2)CCN(C(=O)C2CCCN(Cc3cccc4cc[nH]c34)C2)CC1. The van der Waals surface area contributed by atoms with Gasteiger partial charge in [0, 0.05) is 43.4 Å². The van der Waals surface area contributed by atoms with Gasteiger partial charge >= 0.3 is 0 Å². The summed E-state index contributed by atoms with van der Waals surface area (Å²) in [7, 11) is 4.35. The lowest BCUT2D eigenvalue weighted by Gasteiger charge is -2.47. The molecule has 2 fully saturated rings. The van der Waals surface area contributed by atoms with Gasteiger partial charge in [0.1, 0.15) is 0 Å². The first-order valence-corrected chi connectivity index (χ1v) is 12.4. The van der Waals surface area contributed by atoms with Gasteiger partial charge in [0.2, 0.25) is 5.91 Å². The topological polar surface area (TPSA) is 42.6 Å². The molecule has 2 aliphatic heterocycles. The predicted octanol–water partition coefficient (Wildman–Crippen LogP) is 4.46. The van der Waals surface area contributed by atoms with E-state index < -0.39 is 0 Å². The van der Waals surface area contributed by atoms with Crippen LogP contribution in [0.2, 0.25) is 0 Å². The minimum Gasteiger partial charge on any atom is -0.361 e. The summed E-state index contributed by atoms with van der Waals surface area (Å²) in [4.78, 5) is 23.9. The van der Waals surface area contributed by atoms with Crippen molar-refractivity contribution in [2.45, 2.75) is 37.8 Å². The maximum atomic E-state index is 13.5. The van der Waals surface area contributed by atoms with Gasteiger partial charge in [0.15, 0.2) is 0 Å². The monoisotopic (exact) mass is 444 g/mol. The highest BCUT2D eigenvalue weighted by Gasteiger charge is 2.40. The number of carbonyl (C=O) groups excluding carboxylic acids is 1. The molecule has 2 saturated heterocycles. The minimum absolute atomic E-state index is 0.0192. The smallest absolute Gasteiger partial charge is 0.226 e. The van der Waals surface area contributed by atoms with E-state index in [-0.39, 0.29) is 11.5 Å². The highest BCUT2D eigenvalue weighted by atomic mass is 16.2. The Hall–Kier alpha value is -2.63. The molecule has 1 amide bonds. The summed E-state index contributed by atoms with van der Waals surface area (Å²) in [6.07, 6.45) is 6.09. The van der Waals surface area contributed by atoms with Crippen LogP contribution in [0.15, 0.2) is 60.8 Å². The highest BCUT2D eigenvalue weighted by molar-refractivity contribution is 5.82. The molecule has 1 aromatic heterocycles. The van der Waals surface area contributed by atoms with Crippen LogP contribution >= 0.6 is 0 Å². The van der Waals surface area contributed by atoms with Gasteiger partial charge in [-0.2, -0.15) is 0 Å². The Morgan fingerprint density at radius 1 is 1.03 bits per heavy atom. The number of hydrogen-bond acceptors (Lipinski definition) is 3. The van der Waals surface area contributed by atoms with Crippen LogP contribution in [0, 0.1) is 5.92 Å². The first-order chi connectivity index (χ1) is 16.1. The average molecular weight is 445 g/mol. The lowest BCUT2D eigenvalue weighted by atomic mass is 9.79. The number of hydrogen-bond donors (Lipinski definition) is 1. The van der Waals surface area contributed by atoms with Crippen LogP contribution in [0.25, 0.3) is 10.9 Å². The van der Waals surface area contributed by atoms with E-state index >= 15 is 0 Å². The lowest BCUT2D eigenvalue weighted by molar-refractivity contribution is -0.140. The van der Waals surface area contributed by atoms with Crippen molar-refractivity contribution >= 4 is 16.8 Å². The number of H-pyrrole nitrogens is 1. The van der Waals surface area contributed by atoms with Crippen molar-refractivity contribution in [3.8, 4) is 0 Å². The van der Waals surface area contributed by atoms with Gasteiger partial charge in [-0.05, 0) is 68.9 Å². The van der Waals surface area contributed by atoms with Crippen molar-refractivity contribution in [2.24, 2.45) is 5.92 Å². The molecule has 0 spiro atoms. The number of fused-ring (bicyclic) bond motifs is 1. The number of nitrogens with one attached hydrogen (secondary N) is 1. The highest BCUT2D eigenvalue weighted by Crippen LogP contribution is 2.38. The summed E-state index contributed by atoms with van der Waals surface area (Å²) in [5, 5.41) is 1.26. The molecule has 1 unspecified atom stereocenters. The van der Waals surface area contributed by atoms with E-state index in [1.807, 2.05) is 6.20 Å². The second-order valence-electron chi connectivity index (χ2n) is 10.1. The maximum absolute atomic E-state index is 13.5. The van der Waals surface area contributed by atoms with E-state index in [4.69, 9.17) is 0 Å². The molecular formula is C28H36N4O. The quantitative estimate of drug-likeness (QED) is 0.632. The van der Waals surface area contributed by atoms with Crippen molar-refractivity contribution in [1.82, 2.24) is 19.7 Å². The first-order valence-electron chi connectivity index (χ1n) is 12.4. The van der Waals surface area contributed by atoms with E-state index in [2.05, 4.69) is 88.4 Å². The Kier molecular flexibility index (Phi) is 6.26. The molecule has 3 aromatic rings. The van der Waals surface area contributed by atoms with Crippen LogP contribution in [-0.2, 0) is 16.9 Å². The summed E-state index contributed by atoms with van der Waals surface area (Å²) in [5.74, 6) is 0.475. The third-order valence-corrected chi connectivity index (χ3v) is 7.99. The van der Waals surface area contributed by atoms with E-state index in [9.17, 15) is 4.79 Å². The Morgan fingerprint density at radius 2 is 1.82 bits per heavy atom. The molecular weight excluding hydrogens is 408 g/mol. The molecule has 0 saturated carbocycles. The third-order valence-electron chi connectivity index (χ3n) is 7.99. The molecule has 5 rings (SSSR count). The fourth-order valence-corrected chi connectivity index (χ4v) is 6.02. The van der Waals surface area contributed by atoms with E-state index in [1.165, 1.54) is 22.0 Å². The molecule has 5 nitrogen and oxygen atoms in total. The molecule has 3 heterocycles. The zero-order valence-electron chi connectivity index (χ0n) is 20.0. The van der Waals surface area contributed by atoms with Crippen LogP contribution in [0.4, 0.5) is 0 Å². The van der Waals surface area contributed by atoms with Crippen molar-refractivity contribution < 1.29 is 4.79 Å². The number of amides is 1. The number of aromatic amines is 1. The van der Waals surface area contributed by atoms with Crippen LogP contribution in [0.1, 0.15) is 36.8 Å². The number of likely N-dealkylation sites (tertiary alicyclic amines) is 2. The molecule has 5 heteroatoms.